The van der Waals surface area contributed by atoms with E-state index in [4.69, 9.17) is 0 Å². The fourth-order valence-corrected chi connectivity index (χ4v) is 1.58. The van der Waals surface area contributed by atoms with Crippen molar-refractivity contribution in [2.24, 2.45) is 0 Å². The van der Waals surface area contributed by atoms with Crippen LogP contribution in [0.5, 0.6) is 0 Å². The molecule has 1 aromatic carbocycles. The molecule has 7 heteroatoms. The largest absolute Gasteiger partial charge is 0.451 e. The maximum atomic E-state index is 11.5. The number of amides is 2. The number of nitrogens with zero attached hydrogens (tertiary/aromatic N) is 2. The second-order valence-corrected chi connectivity index (χ2v) is 3.47. The molecule has 18 heavy (non-hydrogen) atoms. The van der Waals surface area contributed by atoms with Crippen molar-refractivity contribution in [1.82, 2.24) is 15.1 Å². The zero-order chi connectivity index (χ0) is 13.1. The van der Waals surface area contributed by atoms with Gasteiger partial charge in [0.1, 0.15) is 0 Å². The van der Waals surface area contributed by atoms with Crippen molar-refractivity contribution in [3.05, 3.63) is 24.4 Å². The minimum Gasteiger partial charge on any atom is -0.451 e. The molecule has 0 radical (unpaired) electrons. The summed E-state index contributed by atoms with van der Waals surface area (Å²) < 4.78 is 5.74. The normalized spacial score (nSPS) is 10.1. The molecule has 0 spiro atoms. The van der Waals surface area contributed by atoms with Gasteiger partial charge < -0.3 is 15.4 Å². The summed E-state index contributed by atoms with van der Waals surface area (Å²) in [6, 6.07) is 4.82. The summed E-state index contributed by atoms with van der Waals surface area (Å²) in [5.74, 6) is 0. The van der Waals surface area contributed by atoms with Gasteiger partial charge in [-0.2, -0.15) is 9.78 Å². The lowest BCUT2D eigenvalue weighted by Gasteiger charge is -2.05. The Morgan fingerprint density at radius 2 is 2.17 bits per heavy atom. The van der Waals surface area contributed by atoms with Crippen LogP contribution in [0.15, 0.2) is 24.4 Å². The van der Waals surface area contributed by atoms with Gasteiger partial charge >= 0.3 is 12.1 Å². The van der Waals surface area contributed by atoms with E-state index in [1.165, 1.54) is 20.4 Å². The number of anilines is 1. The zero-order valence-corrected chi connectivity index (χ0v) is 9.93. The summed E-state index contributed by atoms with van der Waals surface area (Å²) in [7, 11) is 2.80. The van der Waals surface area contributed by atoms with E-state index in [0.717, 1.165) is 4.68 Å². The van der Waals surface area contributed by atoms with Crippen molar-refractivity contribution in [3.63, 3.8) is 0 Å². The molecule has 0 saturated carbocycles. The van der Waals surface area contributed by atoms with Gasteiger partial charge in [0.2, 0.25) is 0 Å². The average molecular weight is 248 g/mol. The monoisotopic (exact) mass is 248 g/mol. The number of nitrogens with one attached hydrogen (secondary N) is 2. The van der Waals surface area contributed by atoms with E-state index in [9.17, 15) is 9.59 Å². The summed E-state index contributed by atoms with van der Waals surface area (Å²) in [6.07, 6.45) is 0.916. The van der Waals surface area contributed by atoms with E-state index in [1.54, 1.807) is 18.2 Å². The van der Waals surface area contributed by atoms with Crippen molar-refractivity contribution >= 4 is 28.7 Å². The molecule has 0 saturated heterocycles. The molecular weight excluding hydrogens is 236 g/mol. The Labute approximate surface area is 103 Å². The Bertz CT molecular complexity index is 605. The predicted molar refractivity (Wildman–Crippen MR) is 65.6 cm³/mol. The van der Waals surface area contributed by atoms with E-state index in [0.29, 0.717) is 16.6 Å². The first-order valence-corrected chi connectivity index (χ1v) is 5.21. The average Bonchev–Trinajstić information content (AvgIpc) is 2.82. The highest BCUT2D eigenvalue weighted by Crippen LogP contribution is 2.23. The number of hydrogen-bond acceptors (Lipinski definition) is 4. The SMILES string of the molecule is CNC(=O)Nc1cccc2c1cnn2C(=O)OC. The van der Waals surface area contributed by atoms with Gasteiger partial charge in [-0.15, -0.1) is 0 Å². The van der Waals surface area contributed by atoms with Gasteiger partial charge in [0.25, 0.3) is 0 Å². The van der Waals surface area contributed by atoms with Crippen LogP contribution in [-0.4, -0.2) is 36.1 Å². The van der Waals surface area contributed by atoms with Crippen molar-refractivity contribution < 1.29 is 14.3 Å². The van der Waals surface area contributed by atoms with Crippen LogP contribution in [0.25, 0.3) is 10.9 Å². The molecule has 2 rings (SSSR count). The Balaban J connectivity index is 2.48. The minimum atomic E-state index is -0.581. The number of ether oxygens (including phenoxy) is 1. The number of benzene rings is 1. The lowest BCUT2D eigenvalue weighted by Crippen LogP contribution is -2.24. The molecule has 2 aromatic rings. The third-order valence-corrected chi connectivity index (χ3v) is 2.44. The van der Waals surface area contributed by atoms with E-state index >= 15 is 0 Å². The fraction of sp³-hybridized carbons (Fsp3) is 0.182. The molecule has 0 aliphatic rings. The fourth-order valence-electron chi connectivity index (χ4n) is 1.58. The molecule has 0 aliphatic carbocycles. The molecule has 0 aliphatic heterocycles. The van der Waals surface area contributed by atoms with Crippen molar-refractivity contribution in [3.8, 4) is 0 Å². The van der Waals surface area contributed by atoms with Gasteiger partial charge in [-0.25, -0.2) is 9.59 Å². The van der Waals surface area contributed by atoms with Crippen LogP contribution in [-0.2, 0) is 4.74 Å². The number of methoxy groups -OCH3 is 1. The second-order valence-electron chi connectivity index (χ2n) is 3.47. The molecule has 0 unspecified atom stereocenters. The predicted octanol–water partition coefficient (Wildman–Crippen LogP) is 1.40. The number of carbonyl (C=O) groups is 2. The maximum Gasteiger partial charge on any atom is 0.434 e. The minimum absolute atomic E-state index is 0.340. The lowest BCUT2D eigenvalue weighted by molar-refractivity contribution is 0.170. The lowest BCUT2D eigenvalue weighted by atomic mass is 10.2. The highest BCUT2D eigenvalue weighted by molar-refractivity contribution is 6.02. The first-order valence-electron chi connectivity index (χ1n) is 5.21. The molecule has 0 atom stereocenters. The van der Waals surface area contributed by atoms with Gasteiger partial charge in [0.15, 0.2) is 0 Å². The summed E-state index contributed by atoms with van der Waals surface area (Å²) in [6.45, 7) is 0. The summed E-state index contributed by atoms with van der Waals surface area (Å²) >= 11 is 0. The quantitative estimate of drug-likeness (QED) is 0.798. The van der Waals surface area contributed by atoms with Gasteiger partial charge in [0, 0.05) is 12.4 Å². The summed E-state index contributed by atoms with van der Waals surface area (Å²) in [5.41, 5.74) is 1.14. The van der Waals surface area contributed by atoms with Crippen molar-refractivity contribution in [2.75, 3.05) is 19.5 Å². The molecule has 94 valence electrons. The number of urea groups is 1. The van der Waals surface area contributed by atoms with Crippen LogP contribution >= 0.6 is 0 Å². The third kappa shape index (κ3) is 1.97. The van der Waals surface area contributed by atoms with E-state index in [2.05, 4.69) is 20.5 Å². The Hall–Kier alpha value is -2.57. The number of rotatable bonds is 1. The van der Waals surface area contributed by atoms with E-state index in [1.807, 2.05) is 0 Å². The first-order chi connectivity index (χ1) is 8.67. The zero-order valence-electron chi connectivity index (χ0n) is 9.93. The summed E-state index contributed by atoms with van der Waals surface area (Å²) in [5, 5.41) is 9.69. The van der Waals surface area contributed by atoms with Gasteiger partial charge in [0.05, 0.1) is 24.5 Å². The molecule has 1 aromatic heterocycles. The maximum absolute atomic E-state index is 11.5. The number of carbonyl (C=O) groups excluding carboxylic acids is 2. The van der Waals surface area contributed by atoms with Crippen LogP contribution in [0.1, 0.15) is 0 Å². The summed E-state index contributed by atoms with van der Waals surface area (Å²) in [4.78, 5) is 22.7. The molecule has 2 amide bonds. The smallest absolute Gasteiger partial charge is 0.434 e. The van der Waals surface area contributed by atoms with Crippen LogP contribution in [0.3, 0.4) is 0 Å². The van der Waals surface area contributed by atoms with E-state index < -0.39 is 6.09 Å². The highest BCUT2D eigenvalue weighted by Gasteiger charge is 2.13. The van der Waals surface area contributed by atoms with Crippen LogP contribution in [0.4, 0.5) is 15.3 Å². The van der Waals surface area contributed by atoms with Crippen molar-refractivity contribution in [2.45, 2.75) is 0 Å². The number of fused-ring (bicyclic) bond motifs is 1. The number of hydrogen-bond donors (Lipinski definition) is 2. The Morgan fingerprint density at radius 3 is 2.83 bits per heavy atom. The van der Waals surface area contributed by atoms with Crippen LogP contribution in [0, 0.1) is 0 Å². The molecule has 2 N–H and O–H groups in total. The third-order valence-electron chi connectivity index (χ3n) is 2.44. The molecule has 1 heterocycles. The van der Waals surface area contributed by atoms with Crippen molar-refractivity contribution in [1.29, 1.82) is 0 Å². The van der Waals surface area contributed by atoms with E-state index in [-0.39, 0.29) is 6.03 Å². The molecule has 0 bridgehead atoms. The molecule has 0 fully saturated rings. The van der Waals surface area contributed by atoms with Gasteiger partial charge in [-0.1, -0.05) is 6.07 Å². The topological polar surface area (TPSA) is 85.3 Å². The van der Waals surface area contributed by atoms with Gasteiger partial charge in [-0.05, 0) is 12.1 Å². The molecular formula is C11H12N4O3. The first kappa shape index (κ1) is 11.9. The number of aromatic nitrogens is 2. The highest BCUT2D eigenvalue weighted by atomic mass is 16.5. The standard InChI is InChI=1S/C11H12N4O3/c1-12-10(16)14-8-4-3-5-9-7(8)6-13-15(9)11(17)18-2/h3-6H,1-2H3,(H2,12,14,16). The molecule has 7 nitrogen and oxygen atoms in total. The second kappa shape index (κ2) is 4.74. The Kier molecular flexibility index (Phi) is 3.13. The van der Waals surface area contributed by atoms with Crippen LogP contribution in [0.2, 0.25) is 0 Å². The van der Waals surface area contributed by atoms with Gasteiger partial charge in [-0.3, -0.25) is 0 Å². The Morgan fingerprint density at radius 1 is 1.39 bits per heavy atom. The van der Waals surface area contributed by atoms with Crippen LogP contribution < -0.4 is 10.6 Å².